The van der Waals surface area contributed by atoms with Gasteiger partial charge in [-0.25, -0.2) is 0 Å². The average Bonchev–Trinajstić information content (AvgIpc) is 3.48. The number of hydrogen-bond donors (Lipinski definition) is 1. The van der Waals surface area contributed by atoms with Crippen molar-refractivity contribution in [2.75, 3.05) is 13.2 Å². The standard InChI is InChI=1S/C62H75O14PSi/c1-45(63)72-60-58(69-41-50-33-21-11-22-34-50)56(67-39-48-29-17-9-18-30-48)54(66-38-47-27-15-8-16-28-47)53(73-60)44-71-77(64)75-61-59(70-42-51-35-23-12-24-36-51)57(68-40-49-31-19-10-20-32-49)55(76-78(5,6)62(2,3)4)52(74-61)43-65-37-46-25-13-7-14-26-46/h7-36,52-61,64H,37-44H2,1-6H3/t52-,53-,54-,55-,56+,57+,58+,59-,60?,61-,77?/m1/s1. The molecule has 14 nitrogen and oxygen atoms in total. The number of carbonyl (C=O) groups excluding carboxylic acids is 1. The molecule has 0 saturated carbocycles. The topological polar surface area (TPSA) is 148 Å². The Kier molecular flexibility index (Phi) is 22.3. The van der Waals surface area contributed by atoms with Gasteiger partial charge in [0.25, 0.3) is 0 Å². The van der Waals surface area contributed by atoms with Gasteiger partial charge in [0.1, 0.15) is 48.8 Å². The highest BCUT2D eigenvalue weighted by Crippen LogP contribution is 2.45. The van der Waals surface area contributed by atoms with E-state index < -0.39 is 84.3 Å². The molecular formula is C62H75O14PSi. The zero-order chi connectivity index (χ0) is 54.7. The molecule has 0 amide bonds. The van der Waals surface area contributed by atoms with E-state index in [1.807, 2.05) is 182 Å². The van der Waals surface area contributed by atoms with Crippen LogP contribution in [-0.4, -0.2) is 93.8 Å². The van der Waals surface area contributed by atoms with Crippen molar-refractivity contribution in [1.29, 1.82) is 0 Å². The van der Waals surface area contributed by atoms with E-state index in [1.165, 1.54) is 6.92 Å². The predicted molar refractivity (Wildman–Crippen MR) is 299 cm³/mol. The fourth-order valence-electron chi connectivity index (χ4n) is 8.92. The summed E-state index contributed by atoms with van der Waals surface area (Å²) in [6, 6.07) is 58.7. The van der Waals surface area contributed by atoms with Gasteiger partial charge < -0.3 is 56.5 Å². The summed E-state index contributed by atoms with van der Waals surface area (Å²) in [5, 5.41) is -0.189. The fraction of sp³-hybridized carbons (Fsp3) is 0.403. The van der Waals surface area contributed by atoms with E-state index in [2.05, 4.69) is 33.9 Å². The first-order valence-corrected chi connectivity index (χ1v) is 30.7. The maximum atomic E-state index is 12.9. The largest absolute Gasteiger partial charge is 0.433 e. The Morgan fingerprint density at radius 3 is 1.21 bits per heavy atom. The summed E-state index contributed by atoms with van der Waals surface area (Å²) < 4.78 is 80.1. The Bertz CT molecular complexity index is 2640. The van der Waals surface area contributed by atoms with E-state index in [-0.39, 0.29) is 51.3 Å². The van der Waals surface area contributed by atoms with Gasteiger partial charge in [-0.1, -0.05) is 203 Å². The van der Waals surface area contributed by atoms with Crippen molar-refractivity contribution in [1.82, 2.24) is 0 Å². The van der Waals surface area contributed by atoms with Crippen molar-refractivity contribution >= 4 is 22.9 Å². The van der Waals surface area contributed by atoms with Crippen LogP contribution in [0.25, 0.3) is 0 Å². The third-order valence-electron chi connectivity index (χ3n) is 14.1. The molecule has 1 N–H and O–H groups in total. The summed E-state index contributed by atoms with van der Waals surface area (Å²) in [6.45, 7) is 13.2. The summed E-state index contributed by atoms with van der Waals surface area (Å²) >= 11 is 0. The van der Waals surface area contributed by atoms with E-state index in [0.29, 0.717) is 6.61 Å². The number of esters is 1. The van der Waals surface area contributed by atoms with Gasteiger partial charge in [0.05, 0.1) is 52.9 Å². The molecule has 8 rings (SSSR count). The molecule has 2 unspecified atom stereocenters. The SMILES string of the molecule is CC(=O)OC1O[C@H](COP(O)O[C@H]2O[C@H](COCc3ccccc3)[C@@H](O[Si](C)(C)C(C)(C)C)[C@H](OCc3ccccc3)[C@H]2OCc2ccccc2)[C@@H](OCc2ccccc2)[C@H](OCc2ccccc2)[C@@H]1OCc1ccccc1. The molecule has 0 aliphatic carbocycles. The molecule has 6 aromatic rings. The van der Waals surface area contributed by atoms with Crippen LogP contribution in [0.5, 0.6) is 0 Å². The van der Waals surface area contributed by atoms with Crippen LogP contribution >= 0.6 is 8.60 Å². The highest BCUT2D eigenvalue weighted by molar-refractivity contribution is 7.40. The molecule has 2 saturated heterocycles. The van der Waals surface area contributed by atoms with Gasteiger partial charge in [0.15, 0.2) is 14.6 Å². The van der Waals surface area contributed by atoms with E-state index in [9.17, 15) is 9.69 Å². The van der Waals surface area contributed by atoms with Gasteiger partial charge >= 0.3 is 14.6 Å². The Labute approximate surface area is 462 Å². The van der Waals surface area contributed by atoms with Gasteiger partial charge in [-0.15, -0.1) is 0 Å². The van der Waals surface area contributed by atoms with Gasteiger partial charge in [-0.3, -0.25) is 9.32 Å². The van der Waals surface area contributed by atoms with Gasteiger partial charge in [-0.2, -0.15) is 0 Å². The fourth-order valence-corrected chi connectivity index (χ4v) is 10.9. The minimum absolute atomic E-state index is 0.0978. The monoisotopic (exact) mass is 1100 g/mol. The van der Waals surface area contributed by atoms with E-state index in [1.54, 1.807) is 0 Å². The molecule has 78 heavy (non-hydrogen) atoms. The van der Waals surface area contributed by atoms with E-state index in [4.69, 9.17) is 56.1 Å². The molecule has 6 aromatic carbocycles. The quantitative estimate of drug-likeness (QED) is 0.0296. The highest BCUT2D eigenvalue weighted by Gasteiger charge is 2.54. The Morgan fingerprint density at radius 1 is 0.474 bits per heavy atom. The van der Waals surface area contributed by atoms with Crippen LogP contribution in [0.15, 0.2) is 182 Å². The molecule has 0 spiro atoms. The second-order valence-corrected chi connectivity index (χ2v) is 26.7. The molecule has 0 aromatic heterocycles. The van der Waals surface area contributed by atoms with Crippen molar-refractivity contribution < 1.29 is 65.8 Å². The second kappa shape index (κ2) is 29.4. The minimum Gasteiger partial charge on any atom is -0.433 e. The first-order valence-electron chi connectivity index (χ1n) is 26.6. The van der Waals surface area contributed by atoms with Crippen molar-refractivity contribution in [3.63, 3.8) is 0 Å². The van der Waals surface area contributed by atoms with Crippen LogP contribution in [0, 0.1) is 0 Å². The predicted octanol–water partition coefficient (Wildman–Crippen LogP) is 11.8. The minimum atomic E-state index is -2.78. The number of carbonyl (C=O) groups is 1. The first-order chi connectivity index (χ1) is 37.8. The third-order valence-corrected chi connectivity index (χ3v) is 19.3. The molecule has 2 aliphatic rings. The molecule has 11 atom stereocenters. The molecular weight excluding hydrogens is 1030 g/mol. The maximum Gasteiger partial charge on any atom is 0.332 e. The Morgan fingerprint density at radius 2 is 0.808 bits per heavy atom. The summed E-state index contributed by atoms with van der Waals surface area (Å²) in [5.41, 5.74) is 5.53. The number of rotatable bonds is 27. The van der Waals surface area contributed by atoms with Crippen molar-refractivity contribution in [3.05, 3.63) is 215 Å². The van der Waals surface area contributed by atoms with Gasteiger partial charge in [0.2, 0.25) is 6.29 Å². The molecule has 0 bridgehead atoms. The van der Waals surface area contributed by atoms with Crippen LogP contribution in [0.4, 0.5) is 0 Å². The zero-order valence-electron chi connectivity index (χ0n) is 45.5. The maximum absolute atomic E-state index is 12.9. The second-order valence-electron chi connectivity index (χ2n) is 21.0. The lowest BCUT2D eigenvalue weighted by atomic mass is 9.98. The van der Waals surface area contributed by atoms with Crippen molar-refractivity contribution in [2.24, 2.45) is 0 Å². The molecule has 2 fully saturated rings. The summed E-state index contributed by atoms with van der Waals surface area (Å²) in [6.07, 6.45) is -9.49. The average molecular weight is 1100 g/mol. The summed E-state index contributed by atoms with van der Waals surface area (Å²) in [4.78, 5) is 25.0. The van der Waals surface area contributed by atoms with Crippen LogP contribution in [0.3, 0.4) is 0 Å². The number of ether oxygens (including phenoxy) is 9. The van der Waals surface area contributed by atoms with E-state index >= 15 is 0 Å². The first kappa shape index (κ1) is 59.1. The zero-order valence-corrected chi connectivity index (χ0v) is 47.3. The van der Waals surface area contributed by atoms with E-state index in [0.717, 1.165) is 33.4 Å². The normalized spacial score (nSPS) is 24.1. The van der Waals surface area contributed by atoms with Gasteiger partial charge in [-0.05, 0) is 51.5 Å². The third kappa shape index (κ3) is 17.5. The van der Waals surface area contributed by atoms with Crippen LogP contribution in [-0.2, 0) is 101 Å². The smallest absolute Gasteiger partial charge is 0.332 e. The summed E-state index contributed by atoms with van der Waals surface area (Å²) in [5.74, 6) is -0.593. The molecule has 416 valence electrons. The lowest BCUT2D eigenvalue weighted by Crippen LogP contribution is -2.64. The van der Waals surface area contributed by atoms with Crippen LogP contribution < -0.4 is 0 Å². The van der Waals surface area contributed by atoms with Crippen molar-refractivity contribution in [2.45, 2.75) is 147 Å². The highest BCUT2D eigenvalue weighted by atomic mass is 31.2. The van der Waals surface area contributed by atoms with Gasteiger partial charge in [0, 0.05) is 6.92 Å². The number of hydrogen-bond acceptors (Lipinski definition) is 14. The molecule has 2 heterocycles. The van der Waals surface area contributed by atoms with Crippen LogP contribution in [0.2, 0.25) is 18.1 Å². The Hall–Kier alpha value is -5.04. The van der Waals surface area contributed by atoms with Crippen molar-refractivity contribution in [3.8, 4) is 0 Å². The lowest BCUT2D eigenvalue weighted by molar-refractivity contribution is -0.318. The number of benzene rings is 6. The molecule has 2 aliphatic heterocycles. The lowest BCUT2D eigenvalue weighted by Gasteiger charge is -2.49. The summed E-state index contributed by atoms with van der Waals surface area (Å²) in [7, 11) is -5.34. The Balaban J connectivity index is 1.10. The molecule has 16 heteroatoms. The molecule has 0 radical (unpaired) electrons. The van der Waals surface area contributed by atoms with Crippen LogP contribution in [0.1, 0.15) is 61.1 Å².